The number of hydrogen-bond donors (Lipinski definition) is 2. The molecule has 0 aliphatic heterocycles. The highest BCUT2D eigenvalue weighted by atomic mass is 35.5. The van der Waals surface area contributed by atoms with Gasteiger partial charge in [0.2, 0.25) is 0 Å². The highest BCUT2D eigenvalue weighted by molar-refractivity contribution is 6.42. The summed E-state index contributed by atoms with van der Waals surface area (Å²) < 4.78 is 5.33. The lowest BCUT2D eigenvalue weighted by Gasteiger charge is -2.25. The van der Waals surface area contributed by atoms with E-state index in [0.717, 1.165) is 25.7 Å². The molecule has 104 valence electrons. The van der Waals surface area contributed by atoms with Crippen LogP contribution in [-0.2, 0) is 4.74 Å². The third-order valence-corrected chi connectivity index (χ3v) is 3.90. The molecule has 1 aliphatic carbocycles. The van der Waals surface area contributed by atoms with Crippen LogP contribution in [-0.4, -0.2) is 18.2 Å². The van der Waals surface area contributed by atoms with E-state index in [9.17, 15) is 4.79 Å². The van der Waals surface area contributed by atoms with Gasteiger partial charge in [-0.1, -0.05) is 23.2 Å². The Kier molecular flexibility index (Phi) is 4.91. The predicted octanol–water partition coefficient (Wildman–Crippen LogP) is 3.81. The number of rotatable bonds is 2. The number of hydrogen-bond acceptors (Lipinski definition) is 3. The monoisotopic (exact) mass is 302 g/mol. The first kappa shape index (κ1) is 14.4. The third-order valence-electron chi connectivity index (χ3n) is 3.16. The minimum Gasteiger partial charge on any atom is -0.446 e. The summed E-state index contributed by atoms with van der Waals surface area (Å²) >= 11 is 11.7. The van der Waals surface area contributed by atoms with Crippen molar-refractivity contribution in [2.45, 2.75) is 37.8 Å². The molecule has 0 spiro atoms. The standard InChI is InChI=1S/C13H16Cl2N2O2/c14-11-6-3-9(7-12(11)15)17-13(18)19-10-4-1-8(16)2-5-10/h3,6-8,10H,1-2,4-5,16H2,(H,17,18). The molecule has 19 heavy (non-hydrogen) atoms. The number of carbonyl (C=O) groups is 1. The Morgan fingerprint density at radius 2 is 1.89 bits per heavy atom. The molecule has 1 fully saturated rings. The number of anilines is 1. The molecule has 2 rings (SSSR count). The molecule has 1 aromatic rings. The Morgan fingerprint density at radius 1 is 1.21 bits per heavy atom. The summed E-state index contributed by atoms with van der Waals surface area (Å²) in [5, 5.41) is 3.47. The number of amides is 1. The molecule has 0 saturated heterocycles. The fourth-order valence-corrected chi connectivity index (χ4v) is 2.38. The molecule has 0 unspecified atom stereocenters. The van der Waals surface area contributed by atoms with Gasteiger partial charge in [0.25, 0.3) is 0 Å². The molecule has 0 heterocycles. The second-order valence-electron chi connectivity index (χ2n) is 4.70. The van der Waals surface area contributed by atoms with E-state index in [0.29, 0.717) is 15.7 Å². The summed E-state index contributed by atoms with van der Waals surface area (Å²) in [5.74, 6) is 0. The van der Waals surface area contributed by atoms with Crippen molar-refractivity contribution in [3.8, 4) is 0 Å². The van der Waals surface area contributed by atoms with Crippen LogP contribution in [0.1, 0.15) is 25.7 Å². The van der Waals surface area contributed by atoms with E-state index >= 15 is 0 Å². The Hall–Kier alpha value is -0.970. The molecule has 1 amide bonds. The van der Waals surface area contributed by atoms with Gasteiger partial charge in [0.05, 0.1) is 10.0 Å². The van der Waals surface area contributed by atoms with Crippen LogP contribution in [0.15, 0.2) is 18.2 Å². The normalized spacial score (nSPS) is 22.9. The van der Waals surface area contributed by atoms with Crippen molar-refractivity contribution >= 4 is 35.0 Å². The zero-order chi connectivity index (χ0) is 13.8. The lowest BCUT2D eigenvalue weighted by Crippen LogP contribution is -2.32. The molecule has 0 aromatic heterocycles. The first-order valence-corrected chi connectivity index (χ1v) is 6.98. The largest absolute Gasteiger partial charge is 0.446 e. The number of nitrogens with two attached hydrogens (primary N) is 1. The maximum Gasteiger partial charge on any atom is 0.411 e. The Bertz CT molecular complexity index is 460. The van der Waals surface area contributed by atoms with Gasteiger partial charge in [0, 0.05) is 11.7 Å². The van der Waals surface area contributed by atoms with E-state index < -0.39 is 6.09 Å². The smallest absolute Gasteiger partial charge is 0.411 e. The lowest BCUT2D eigenvalue weighted by atomic mass is 9.94. The van der Waals surface area contributed by atoms with Gasteiger partial charge in [-0.2, -0.15) is 0 Å². The van der Waals surface area contributed by atoms with Crippen LogP contribution in [0.4, 0.5) is 10.5 Å². The fraction of sp³-hybridized carbons (Fsp3) is 0.462. The molecule has 1 aliphatic rings. The van der Waals surface area contributed by atoms with Gasteiger partial charge in [0.1, 0.15) is 6.10 Å². The second-order valence-corrected chi connectivity index (χ2v) is 5.51. The van der Waals surface area contributed by atoms with Gasteiger partial charge in [-0.05, 0) is 43.9 Å². The second kappa shape index (κ2) is 6.46. The first-order valence-electron chi connectivity index (χ1n) is 6.23. The SMILES string of the molecule is NC1CCC(OC(=O)Nc2ccc(Cl)c(Cl)c2)CC1. The number of halogens is 2. The molecule has 3 N–H and O–H groups in total. The zero-order valence-electron chi connectivity index (χ0n) is 10.4. The molecule has 6 heteroatoms. The molecule has 4 nitrogen and oxygen atoms in total. The fourth-order valence-electron chi connectivity index (χ4n) is 2.08. The predicted molar refractivity (Wildman–Crippen MR) is 76.8 cm³/mol. The van der Waals surface area contributed by atoms with E-state index in [1.165, 1.54) is 0 Å². The maximum absolute atomic E-state index is 11.7. The van der Waals surface area contributed by atoms with Crippen LogP contribution in [0.5, 0.6) is 0 Å². The highest BCUT2D eigenvalue weighted by Crippen LogP contribution is 2.25. The van der Waals surface area contributed by atoms with E-state index in [-0.39, 0.29) is 12.1 Å². The zero-order valence-corrected chi connectivity index (χ0v) is 11.9. The van der Waals surface area contributed by atoms with Crippen molar-refractivity contribution in [1.82, 2.24) is 0 Å². The maximum atomic E-state index is 11.7. The topological polar surface area (TPSA) is 64.3 Å². The van der Waals surface area contributed by atoms with Gasteiger partial charge < -0.3 is 10.5 Å². The summed E-state index contributed by atoms with van der Waals surface area (Å²) in [6.07, 6.45) is 2.89. The van der Waals surface area contributed by atoms with Crippen molar-refractivity contribution in [2.24, 2.45) is 5.73 Å². The minimum atomic E-state index is -0.473. The Morgan fingerprint density at radius 3 is 2.53 bits per heavy atom. The Labute approximate surface area is 122 Å². The van der Waals surface area contributed by atoms with E-state index in [2.05, 4.69) is 5.32 Å². The van der Waals surface area contributed by atoms with Crippen molar-refractivity contribution in [3.05, 3.63) is 28.2 Å². The number of benzene rings is 1. The number of nitrogens with one attached hydrogen (secondary N) is 1. The average Bonchev–Trinajstić information content (AvgIpc) is 2.37. The third kappa shape index (κ3) is 4.27. The van der Waals surface area contributed by atoms with Crippen LogP contribution < -0.4 is 11.1 Å². The van der Waals surface area contributed by atoms with Gasteiger partial charge in [0.15, 0.2) is 0 Å². The molecule has 0 bridgehead atoms. The van der Waals surface area contributed by atoms with E-state index in [1.54, 1.807) is 18.2 Å². The molecular formula is C13H16Cl2N2O2. The van der Waals surface area contributed by atoms with Gasteiger partial charge in [-0.15, -0.1) is 0 Å². The van der Waals surface area contributed by atoms with Crippen LogP contribution >= 0.6 is 23.2 Å². The van der Waals surface area contributed by atoms with Gasteiger partial charge in [-0.3, -0.25) is 5.32 Å². The molecule has 1 saturated carbocycles. The quantitative estimate of drug-likeness (QED) is 0.873. The van der Waals surface area contributed by atoms with Crippen LogP contribution in [0.2, 0.25) is 10.0 Å². The summed E-state index contributed by atoms with van der Waals surface area (Å²) in [6.45, 7) is 0. The van der Waals surface area contributed by atoms with Crippen molar-refractivity contribution in [3.63, 3.8) is 0 Å². The molecule has 0 atom stereocenters. The number of carbonyl (C=O) groups excluding carboxylic acids is 1. The summed E-state index contributed by atoms with van der Waals surface area (Å²) in [6, 6.07) is 5.12. The van der Waals surface area contributed by atoms with Crippen molar-refractivity contribution < 1.29 is 9.53 Å². The highest BCUT2D eigenvalue weighted by Gasteiger charge is 2.21. The van der Waals surface area contributed by atoms with Crippen LogP contribution in [0, 0.1) is 0 Å². The summed E-state index contributed by atoms with van der Waals surface area (Å²) in [5.41, 5.74) is 6.36. The van der Waals surface area contributed by atoms with Crippen molar-refractivity contribution in [2.75, 3.05) is 5.32 Å². The summed E-state index contributed by atoms with van der Waals surface area (Å²) in [7, 11) is 0. The summed E-state index contributed by atoms with van der Waals surface area (Å²) in [4.78, 5) is 11.7. The Balaban J connectivity index is 1.85. The van der Waals surface area contributed by atoms with E-state index in [1.807, 2.05) is 0 Å². The van der Waals surface area contributed by atoms with Crippen LogP contribution in [0.3, 0.4) is 0 Å². The molecule has 1 aromatic carbocycles. The van der Waals surface area contributed by atoms with E-state index in [4.69, 9.17) is 33.7 Å². The van der Waals surface area contributed by atoms with Crippen molar-refractivity contribution in [1.29, 1.82) is 0 Å². The first-order chi connectivity index (χ1) is 9.04. The number of ether oxygens (including phenoxy) is 1. The minimum absolute atomic E-state index is 0.0532. The molecular weight excluding hydrogens is 287 g/mol. The average molecular weight is 303 g/mol. The molecule has 0 radical (unpaired) electrons. The van der Waals surface area contributed by atoms with Gasteiger partial charge >= 0.3 is 6.09 Å². The van der Waals surface area contributed by atoms with Gasteiger partial charge in [-0.25, -0.2) is 4.79 Å². The lowest BCUT2D eigenvalue weighted by molar-refractivity contribution is 0.0826. The van der Waals surface area contributed by atoms with Crippen LogP contribution in [0.25, 0.3) is 0 Å².